The van der Waals surface area contributed by atoms with Crippen LogP contribution in [0.5, 0.6) is 5.75 Å². The van der Waals surface area contributed by atoms with E-state index in [4.69, 9.17) is 16.3 Å². The number of halogens is 1. The number of carbonyl (C=O) groups is 2. The molecule has 1 aliphatic rings. The average Bonchev–Trinajstić information content (AvgIpc) is 2.72. The third kappa shape index (κ3) is 5.06. The van der Waals surface area contributed by atoms with Crippen LogP contribution in [0.15, 0.2) is 53.4 Å². The third-order valence-corrected chi connectivity index (χ3v) is 6.62. The van der Waals surface area contributed by atoms with Crippen molar-refractivity contribution in [2.24, 2.45) is 0 Å². The average molecular weight is 439 g/mol. The van der Waals surface area contributed by atoms with Crippen molar-refractivity contribution in [3.63, 3.8) is 0 Å². The minimum absolute atomic E-state index is 0.0798. The Kier molecular flexibility index (Phi) is 6.41. The van der Waals surface area contributed by atoms with Gasteiger partial charge < -0.3 is 14.7 Å². The summed E-state index contributed by atoms with van der Waals surface area (Å²) in [6.07, 6.45) is 0. The van der Waals surface area contributed by atoms with E-state index in [1.165, 1.54) is 57.7 Å². The highest BCUT2D eigenvalue weighted by Gasteiger charge is 2.30. The van der Waals surface area contributed by atoms with E-state index >= 15 is 0 Å². The van der Waals surface area contributed by atoms with Crippen LogP contribution in [-0.2, 0) is 19.6 Å². The van der Waals surface area contributed by atoms with Crippen LogP contribution in [0.1, 0.15) is 10.4 Å². The lowest BCUT2D eigenvalue weighted by molar-refractivity contribution is -0.135. The molecule has 2 aromatic rings. The number of sulfonamides is 1. The summed E-state index contributed by atoms with van der Waals surface area (Å²) in [5.41, 5.74) is 0.136. The minimum atomic E-state index is -3.67. The van der Waals surface area contributed by atoms with Gasteiger partial charge in [-0.2, -0.15) is 4.31 Å². The number of aromatic hydroxyl groups is 1. The molecule has 0 saturated carbocycles. The fourth-order valence-corrected chi connectivity index (χ4v) is 4.42. The maximum absolute atomic E-state index is 12.7. The number of benzene rings is 2. The normalized spacial score (nSPS) is 15.1. The summed E-state index contributed by atoms with van der Waals surface area (Å²) in [5.74, 6) is -1.22. The van der Waals surface area contributed by atoms with Crippen molar-refractivity contribution in [2.45, 2.75) is 4.90 Å². The van der Waals surface area contributed by atoms with Crippen LogP contribution in [0.2, 0.25) is 5.02 Å². The number of carbonyl (C=O) groups excluding carboxylic acids is 2. The summed E-state index contributed by atoms with van der Waals surface area (Å²) in [4.78, 5) is 25.8. The molecule has 10 heteroatoms. The van der Waals surface area contributed by atoms with Crippen molar-refractivity contribution in [1.82, 2.24) is 9.21 Å². The van der Waals surface area contributed by atoms with Gasteiger partial charge in [-0.15, -0.1) is 0 Å². The van der Waals surface area contributed by atoms with E-state index in [0.717, 1.165) is 0 Å². The molecular weight excluding hydrogens is 420 g/mol. The van der Waals surface area contributed by atoms with Gasteiger partial charge in [0.1, 0.15) is 5.75 Å². The molecule has 0 radical (unpaired) electrons. The molecular formula is C19H19ClN2O6S. The number of phenols is 1. The van der Waals surface area contributed by atoms with E-state index in [2.05, 4.69) is 0 Å². The summed E-state index contributed by atoms with van der Waals surface area (Å²) >= 11 is 5.80. The molecule has 1 amide bonds. The van der Waals surface area contributed by atoms with Crippen molar-refractivity contribution in [3.05, 3.63) is 59.1 Å². The fourth-order valence-electron chi connectivity index (χ4n) is 2.87. The highest BCUT2D eigenvalue weighted by molar-refractivity contribution is 7.89. The maximum Gasteiger partial charge on any atom is 0.338 e. The van der Waals surface area contributed by atoms with E-state index in [-0.39, 0.29) is 42.4 Å². The number of hydrogen-bond donors (Lipinski definition) is 1. The van der Waals surface area contributed by atoms with Crippen molar-refractivity contribution in [3.8, 4) is 5.75 Å². The Morgan fingerprint density at radius 1 is 1.03 bits per heavy atom. The number of hydrogen-bond acceptors (Lipinski definition) is 6. The van der Waals surface area contributed by atoms with Crippen molar-refractivity contribution >= 4 is 33.5 Å². The molecule has 1 N–H and O–H groups in total. The summed E-state index contributed by atoms with van der Waals surface area (Å²) in [6, 6.07) is 11.5. The minimum Gasteiger partial charge on any atom is -0.508 e. The fraction of sp³-hybridized carbons (Fsp3) is 0.263. The molecule has 0 atom stereocenters. The van der Waals surface area contributed by atoms with Crippen LogP contribution >= 0.6 is 11.6 Å². The van der Waals surface area contributed by atoms with Gasteiger partial charge in [0.2, 0.25) is 10.0 Å². The molecule has 0 aromatic heterocycles. The Bertz CT molecular complexity index is 1000. The lowest BCUT2D eigenvalue weighted by Crippen LogP contribution is -2.51. The second-order valence-corrected chi connectivity index (χ2v) is 8.74. The molecule has 1 aliphatic heterocycles. The molecule has 0 aliphatic carbocycles. The molecule has 0 unspecified atom stereocenters. The molecule has 8 nitrogen and oxygen atoms in total. The predicted molar refractivity (Wildman–Crippen MR) is 105 cm³/mol. The van der Waals surface area contributed by atoms with Gasteiger partial charge in [0.25, 0.3) is 5.91 Å². The first-order valence-corrected chi connectivity index (χ1v) is 10.6. The topological polar surface area (TPSA) is 104 Å². The summed E-state index contributed by atoms with van der Waals surface area (Å²) in [7, 11) is -3.67. The summed E-state index contributed by atoms with van der Waals surface area (Å²) in [5, 5.41) is 9.83. The number of amides is 1. The largest absolute Gasteiger partial charge is 0.508 e. The second kappa shape index (κ2) is 8.81. The van der Waals surface area contributed by atoms with Gasteiger partial charge in [0.15, 0.2) is 6.61 Å². The second-order valence-electron chi connectivity index (χ2n) is 6.37. The van der Waals surface area contributed by atoms with Crippen LogP contribution < -0.4 is 0 Å². The third-order valence-electron chi connectivity index (χ3n) is 4.45. The molecule has 1 fully saturated rings. The number of nitrogens with zero attached hydrogens (tertiary/aromatic N) is 2. The zero-order valence-electron chi connectivity index (χ0n) is 15.3. The quantitative estimate of drug-likeness (QED) is 0.713. The SMILES string of the molecule is O=C(OCC(=O)N1CCN(S(=O)(=O)c2ccc(Cl)cc2)CC1)c1cccc(O)c1. The first kappa shape index (κ1) is 21.1. The monoisotopic (exact) mass is 438 g/mol. The standard InChI is InChI=1S/C19H19ClN2O6S/c20-15-4-6-17(7-5-15)29(26,27)22-10-8-21(9-11-22)18(24)13-28-19(25)14-2-1-3-16(23)12-14/h1-7,12,23H,8-11,13H2. The van der Waals surface area contributed by atoms with Gasteiger partial charge >= 0.3 is 5.97 Å². The van der Waals surface area contributed by atoms with Gasteiger partial charge in [0.05, 0.1) is 10.5 Å². The first-order valence-electron chi connectivity index (χ1n) is 8.77. The van der Waals surface area contributed by atoms with E-state index in [0.29, 0.717) is 5.02 Å². The van der Waals surface area contributed by atoms with Crippen LogP contribution in [0.4, 0.5) is 0 Å². The van der Waals surface area contributed by atoms with Gasteiger partial charge in [0, 0.05) is 31.2 Å². The van der Waals surface area contributed by atoms with Crippen molar-refractivity contribution < 1.29 is 27.9 Å². The zero-order valence-corrected chi connectivity index (χ0v) is 16.9. The van der Waals surface area contributed by atoms with E-state index in [1.54, 1.807) is 0 Å². The molecule has 0 spiro atoms. The van der Waals surface area contributed by atoms with Crippen LogP contribution in [0.25, 0.3) is 0 Å². The summed E-state index contributed by atoms with van der Waals surface area (Å²) in [6.45, 7) is 0.192. The van der Waals surface area contributed by atoms with Crippen LogP contribution in [-0.4, -0.2) is 67.4 Å². The number of phenolic OH excluding ortho intramolecular Hbond substituents is 1. The Hall–Kier alpha value is -2.62. The van der Waals surface area contributed by atoms with E-state index in [1.807, 2.05) is 0 Å². The smallest absolute Gasteiger partial charge is 0.338 e. The molecule has 154 valence electrons. The number of esters is 1. The molecule has 29 heavy (non-hydrogen) atoms. The Balaban J connectivity index is 1.53. The Morgan fingerprint density at radius 2 is 1.69 bits per heavy atom. The van der Waals surface area contributed by atoms with Crippen molar-refractivity contribution in [1.29, 1.82) is 0 Å². The zero-order chi connectivity index (χ0) is 21.0. The van der Waals surface area contributed by atoms with Gasteiger partial charge in [-0.3, -0.25) is 4.79 Å². The maximum atomic E-state index is 12.7. The van der Waals surface area contributed by atoms with E-state index in [9.17, 15) is 23.1 Å². The molecule has 3 rings (SSSR count). The molecule has 0 bridgehead atoms. The molecule has 2 aromatic carbocycles. The number of rotatable bonds is 5. The predicted octanol–water partition coefficient (Wildman–Crippen LogP) is 1.74. The Labute approximate surface area is 173 Å². The summed E-state index contributed by atoms with van der Waals surface area (Å²) < 4.78 is 31.6. The van der Waals surface area contributed by atoms with E-state index < -0.39 is 28.5 Å². The van der Waals surface area contributed by atoms with Gasteiger partial charge in [-0.05, 0) is 42.5 Å². The van der Waals surface area contributed by atoms with Crippen LogP contribution in [0, 0.1) is 0 Å². The number of ether oxygens (including phenoxy) is 1. The van der Waals surface area contributed by atoms with Crippen LogP contribution in [0.3, 0.4) is 0 Å². The Morgan fingerprint density at radius 3 is 2.31 bits per heavy atom. The molecule has 1 heterocycles. The lowest BCUT2D eigenvalue weighted by Gasteiger charge is -2.33. The lowest BCUT2D eigenvalue weighted by atomic mass is 10.2. The molecule has 1 saturated heterocycles. The number of piperazine rings is 1. The highest BCUT2D eigenvalue weighted by Crippen LogP contribution is 2.20. The highest BCUT2D eigenvalue weighted by atomic mass is 35.5. The van der Waals surface area contributed by atoms with Gasteiger partial charge in [-0.25, -0.2) is 13.2 Å². The first-order chi connectivity index (χ1) is 13.8. The van der Waals surface area contributed by atoms with Crippen molar-refractivity contribution in [2.75, 3.05) is 32.8 Å². The van der Waals surface area contributed by atoms with Gasteiger partial charge in [-0.1, -0.05) is 17.7 Å².